The Balaban J connectivity index is 1.70. The summed E-state index contributed by atoms with van der Waals surface area (Å²) >= 11 is 0. The van der Waals surface area contributed by atoms with E-state index in [1.54, 1.807) is 5.57 Å². The topological polar surface area (TPSA) is 0 Å². The van der Waals surface area contributed by atoms with E-state index in [9.17, 15) is 0 Å². The van der Waals surface area contributed by atoms with Gasteiger partial charge in [-0.3, -0.25) is 0 Å². The van der Waals surface area contributed by atoms with E-state index in [0.29, 0.717) is 5.41 Å². The van der Waals surface area contributed by atoms with E-state index in [4.69, 9.17) is 0 Å². The molecule has 3 saturated carbocycles. The SMILES string of the molecule is C=C1CCC(C)C/C1=C/C=C1\CCCC2(C)C1CCC2C(C)CCC(C)C(C)C. The highest BCUT2D eigenvalue weighted by Gasteiger charge is 2.50. The van der Waals surface area contributed by atoms with Crippen molar-refractivity contribution in [3.63, 3.8) is 0 Å². The van der Waals surface area contributed by atoms with Crippen LogP contribution in [0.5, 0.6) is 0 Å². The van der Waals surface area contributed by atoms with Gasteiger partial charge in [0.15, 0.2) is 0 Å². The maximum atomic E-state index is 4.36. The van der Waals surface area contributed by atoms with Gasteiger partial charge >= 0.3 is 0 Å². The molecule has 0 heteroatoms. The van der Waals surface area contributed by atoms with Crippen LogP contribution in [0.1, 0.15) is 106 Å². The van der Waals surface area contributed by atoms with Crippen LogP contribution in [-0.4, -0.2) is 0 Å². The summed E-state index contributed by atoms with van der Waals surface area (Å²) in [6, 6.07) is 0. The average Bonchev–Trinajstić information content (AvgIpc) is 3.04. The second kappa shape index (κ2) is 9.57. The van der Waals surface area contributed by atoms with Crippen molar-refractivity contribution in [3.05, 3.63) is 35.5 Å². The van der Waals surface area contributed by atoms with E-state index < -0.39 is 0 Å². The monoisotopic (exact) mass is 396 g/mol. The lowest BCUT2D eigenvalue weighted by Gasteiger charge is -2.44. The van der Waals surface area contributed by atoms with Crippen molar-refractivity contribution in [1.82, 2.24) is 0 Å². The van der Waals surface area contributed by atoms with Crippen molar-refractivity contribution in [1.29, 1.82) is 0 Å². The van der Waals surface area contributed by atoms with E-state index in [2.05, 4.69) is 60.3 Å². The van der Waals surface area contributed by atoms with Crippen molar-refractivity contribution >= 4 is 0 Å². The summed E-state index contributed by atoms with van der Waals surface area (Å²) in [5.74, 6) is 5.14. The summed E-state index contributed by atoms with van der Waals surface area (Å²) in [5.41, 5.74) is 5.24. The fourth-order valence-corrected chi connectivity index (χ4v) is 6.87. The van der Waals surface area contributed by atoms with Gasteiger partial charge in [-0.15, -0.1) is 0 Å². The molecule has 0 heterocycles. The molecule has 164 valence electrons. The fraction of sp³-hybridized carbons (Fsp3) is 0.793. The third kappa shape index (κ3) is 5.11. The van der Waals surface area contributed by atoms with Gasteiger partial charge in [-0.1, -0.05) is 84.3 Å². The maximum Gasteiger partial charge on any atom is -0.0143 e. The van der Waals surface area contributed by atoms with Gasteiger partial charge in [0.2, 0.25) is 0 Å². The molecule has 3 fully saturated rings. The minimum Gasteiger partial charge on any atom is -0.0956 e. The highest BCUT2D eigenvalue weighted by Crippen LogP contribution is 2.60. The molecule has 0 aromatic rings. The van der Waals surface area contributed by atoms with E-state index in [1.165, 1.54) is 75.4 Å². The Morgan fingerprint density at radius 3 is 2.52 bits per heavy atom. The Labute approximate surface area is 182 Å². The summed E-state index contributed by atoms with van der Waals surface area (Å²) < 4.78 is 0. The molecule has 0 nitrogen and oxygen atoms in total. The summed E-state index contributed by atoms with van der Waals surface area (Å²) in [5, 5.41) is 0. The van der Waals surface area contributed by atoms with Crippen molar-refractivity contribution in [2.75, 3.05) is 0 Å². The van der Waals surface area contributed by atoms with Crippen LogP contribution in [-0.2, 0) is 0 Å². The van der Waals surface area contributed by atoms with Crippen molar-refractivity contribution in [2.45, 2.75) is 106 Å². The number of hydrogen-bond acceptors (Lipinski definition) is 0. The predicted molar refractivity (Wildman–Crippen MR) is 129 cm³/mol. The molecule has 0 aromatic carbocycles. The quantitative estimate of drug-likeness (QED) is 0.420. The Kier molecular flexibility index (Phi) is 7.56. The summed E-state index contributed by atoms with van der Waals surface area (Å²) in [4.78, 5) is 0. The van der Waals surface area contributed by atoms with Crippen molar-refractivity contribution < 1.29 is 0 Å². The van der Waals surface area contributed by atoms with Gasteiger partial charge in [0.25, 0.3) is 0 Å². The van der Waals surface area contributed by atoms with Crippen LogP contribution in [0, 0.1) is 40.9 Å². The second-order valence-corrected chi connectivity index (χ2v) is 11.8. The van der Waals surface area contributed by atoms with E-state index >= 15 is 0 Å². The molecule has 0 amide bonds. The highest BCUT2D eigenvalue weighted by atomic mass is 14.5. The zero-order chi connectivity index (χ0) is 21.2. The maximum absolute atomic E-state index is 4.36. The second-order valence-electron chi connectivity index (χ2n) is 11.8. The first-order chi connectivity index (χ1) is 13.7. The first kappa shape index (κ1) is 22.9. The lowest BCUT2D eigenvalue weighted by molar-refractivity contribution is 0.0907. The van der Waals surface area contributed by atoms with Gasteiger partial charge in [0.1, 0.15) is 0 Å². The predicted octanol–water partition coefficient (Wildman–Crippen LogP) is 9.14. The number of hydrogen-bond donors (Lipinski definition) is 0. The highest BCUT2D eigenvalue weighted by molar-refractivity contribution is 5.36. The minimum atomic E-state index is 0.542. The van der Waals surface area contributed by atoms with E-state index in [-0.39, 0.29) is 0 Å². The van der Waals surface area contributed by atoms with Gasteiger partial charge in [0, 0.05) is 0 Å². The fourth-order valence-electron chi connectivity index (χ4n) is 6.87. The normalized spacial score (nSPS) is 37.9. The molecule has 0 spiro atoms. The number of rotatable bonds is 6. The Morgan fingerprint density at radius 1 is 1.03 bits per heavy atom. The van der Waals surface area contributed by atoms with E-state index in [1.807, 2.05) is 0 Å². The minimum absolute atomic E-state index is 0.542. The molecule has 3 aliphatic carbocycles. The van der Waals surface area contributed by atoms with E-state index in [0.717, 1.165) is 35.5 Å². The van der Waals surface area contributed by atoms with Gasteiger partial charge in [-0.05, 0) is 97.9 Å². The molecule has 0 aromatic heterocycles. The molecule has 0 N–H and O–H groups in total. The van der Waals surface area contributed by atoms with Gasteiger partial charge < -0.3 is 0 Å². The zero-order valence-corrected chi connectivity index (χ0v) is 20.4. The first-order valence-corrected chi connectivity index (χ1v) is 12.8. The third-order valence-corrected chi connectivity index (χ3v) is 9.40. The number of allylic oxidation sites excluding steroid dienone is 5. The Morgan fingerprint density at radius 2 is 1.79 bits per heavy atom. The summed E-state index contributed by atoms with van der Waals surface area (Å²) in [7, 11) is 0. The molecule has 29 heavy (non-hydrogen) atoms. The molecule has 6 atom stereocenters. The molecule has 0 saturated heterocycles. The molecule has 0 radical (unpaired) electrons. The Bertz CT molecular complexity index is 632. The van der Waals surface area contributed by atoms with Crippen LogP contribution in [0.3, 0.4) is 0 Å². The molecule has 3 rings (SSSR count). The molecular weight excluding hydrogens is 348 g/mol. The smallest absolute Gasteiger partial charge is 0.0143 e. The summed E-state index contributed by atoms with van der Waals surface area (Å²) in [6.45, 7) is 19.2. The van der Waals surface area contributed by atoms with Crippen LogP contribution < -0.4 is 0 Å². The van der Waals surface area contributed by atoms with Gasteiger partial charge in [0.05, 0.1) is 0 Å². The van der Waals surface area contributed by atoms with Crippen LogP contribution >= 0.6 is 0 Å². The first-order valence-electron chi connectivity index (χ1n) is 12.8. The lowest BCUT2D eigenvalue weighted by atomic mass is 9.60. The number of fused-ring (bicyclic) bond motifs is 1. The van der Waals surface area contributed by atoms with Crippen LogP contribution in [0.4, 0.5) is 0 Å². The van der Waals surface area contributed by atoms with Gasteiger partial charge in [-0.2, -0.15) is 0 Å². The van der Waals surface area contributed by atoms with Crippen LogP contribution in [0.2, 0.25) is 0 Å². The lowest BCUT2D eigenvalue weighted by Crippen LogP contribution is -2.36. The largest absolute Gasteiger partial charge is 0.0956 e. The van der Waals surface area contributed by atoms with Crippen molar-refractivity contribution in [2.24, 2.45) is 40.9 Å². The van der Waals surface area contributed by atoms with Crippen molar-refractivity contribution in [3.8, 4) is 0 Å². The standard InChI is InChI=1S/C29H48/c1-20(2)22(4)12-13-24(6)27-16-17-28-25(9-8-18-29(27,28)7)14-15-26-19-21(3)10-11-23(26)5/h14-15,20-22,24,27-28H,5,8-13,16-19H2,1-4,6-7H3/b25-14+,26-15-. The Hall–Kier alpha value is -0.780. The zero-order valence-electron chi connectivity index (χ0n) is 20.4. The molecule has 0 bridgehead atoms. The summed E-state index contributed by atoms with van der Waals surface area (Å²) in [6.07, 6.45) is 18.7. The third-order valence-electron chi connectivity index (χ3n) is 9.40. The molecule has 3 aliphatic rings. The van der Waals surface area contributed by atoms with Gasteiger partial charge in [-0.25, -0.2) is 0 Å². The molecule has 0 aliphatic heterocycles. The molecular formula is C29H48. The van der Waals surface area contributed by atoms with Crippen LogP contribution in [0.25, 0.3) is 0 Å². The molecule has 6 unspecified atom stereocenters. The van der Waals surface area contributed by atoms with Crippen LogP contribution in [0.15, 0.2) is 35.5 Å². The average molecular weight is 397 g/mol.